The van der Waals surface area contributed by atoms with Crippen LogP contribution >= 0.6 is 27.3 Å². The molecule has 20 heavy (non-hydrogen) atoms. The number of hydrogen-bond donors (Lipinski definition) is 0. The third-order valence-electron chi connectivity index (χ3n) is 3.38. The summed E-state index contributed by atoms with van der Waals surface area (Å²) in [7, 11) is 0. The highest BCUT2D eigenvalue weighted by Gasteiger charge is 2.24. The molecule has 2 amide bonds. The molecule has 1 aliphatic rings. The SMILES string of the molecule is C=CC(=O)N(CC)CC(=O)N1CCc2sc(Br)cc2C1. The monoisotopic (exact) mass is 356 g/mol. The van der Waals surface area contributed by atoms with E-state index in [0.29, 0.717) is 13.1 Å². The number of amides is 2. The first-order valence-corrected chi connectivity index (χ1v) is 8.12. The van der Waals surface area contributed by atoms with E-state index in [9.17, 15) is 9.59 Å². The van der Waals surface area contributed by atoms with Crippen LogP contribution in [-0.4, -0.2) is 41.2 Å². The molecule has 0 atom stereocenters. The van der Waals surface area contributed by atoms with Gasteiger partial charge in [-0.2, -0.15) is 0 Å². The summed E-state index contributed by atoms with van der Waals surface area (Å²) in [6, 6.07) is 2.08. The highest BCUT2D eigenvalue weighted by molar-refractivity contribution is 9.11. The fourth-order valence-corrected chi connectivity index (χ4v) is 3.99. The number of likely N-dealkylation sites (N-methyl/N-ethyl adjacent to an activating group) is 1. The Morgan fingerprint density at radius 2 is 2.35 bits per heavy atom. The van der Waals surface area contributed by atoms with E-state index in [1.165, 1.54) is 21.4 Å². The highest BCUT2D eigenvalue weighted by atomic mass is 79.9. The van der Waals surface area contributed by atoms with Gasteiger partial charge in [-0.15, -0.1) is 11.3 Å². The van der Waals surface area contributed by atoms with Gasteiger partial charge in [0.1, 0.15) is 6.54 Å². The Balaban J connectivity index is 2.00. The number of nitrogens with zero attached hydrogens (tertiary/aromatic N) is 2. The van der Waals surface area contributed by atoms with Crippen molar-refractivity contribution < 1.29 is 9.59 Å². The first-order chi connectivity index (χ1) is 9.55. The molecule has 4 nitrogen and oxygen atoms in total. The number of hydrogen-bond acceptors (Lipinski definition) is 3. The minimum atomic E-state index is -0.197. The van der Waals surface area contributed by atoms with E-state index in [2.05, 4.69) is 28.6 Å². The molecule has 2 rings (SSSR count). The van der Waals surface area contributed by atoms with E-state index in [1.807, 2.05) is 11.8 Å². The molecule has 2 heterocycles. The van der Waals surface area contributed by atoms with Crippen molar-refractivity contribution in [3.05, 3.63) is 32.9 Å². The van der Waals surface area contributed by atoms with E-state index in [0.717, 1.165) is 16.8 Å². The maximum Gasteiger partial charge on any atom is 0.246 e. The van der Waals surface area contributed by atoms with Gasteiger partial charge < -0.3 is 9.80 Å². The lowest BCUT2D eigenvalue weighted by molar-refractivity contribution is -0.138. The minimum absolute atomic E-state index is 0.00461. The number of thiophene rings is 1. The lowest BCUT2D eigenvalue weighted by Crippen LogP contribution is -2.43. The van der Waals surface area contributed by atoms with Gasteiger partial charge in [0.05, 0.1) is 3.79 Å². The molecular weight excluding hydrogens is 340 g/mol. The van der Waals surface area contributed by atoms with Gasteiger partial charge in [0.25, 0.3) is 0 Å². The largest absolute Gasteiger partial charge is 0.336 e. The Bertz CT molecular complexity index is 541. The van der Waals surface area contributed by atoms with E-state index in [4.69, 9.17) is 0 Å². The Hall–Kier alpha value is -1.14. The standard InChI is InChI=1S/C14H17BrN2O2S/c1-3-13(18)16(4-2)9-14(19)17-6-5-11-10(8-17)7-12(15)20-11/h3,7H,1,4-6,8-9H2,2H3. The molecule has 0 saturated carbocycles. The van der Waals surface area contributed by atoms with Crippen molar-refractivity contribution >= 4 is 39.1 Å². The van der Waals surface area contributed by atoms with Crippen LogP contribution in [0.2, 0.25) is 0 Å². The van der Waals surface area contributed by atoms with Gasteiger partial charge in [0.2, 0.25) is 11.8 Å². The molecule has 0 N–H and O–H groups in total. The Labute approximate surface area is 131 Å². The lowest BCUT2D eigenvalue weighted by Gasteiger charge is -2.29. The summed E-state index contributed by atoms with van der Waals surface area (Å²) in [6.07, 6.45) is 2.14. The molecule has 6 heteroatoms. The summed E-state index contributed by atoms with van der Waals surface area (Å²) in [4.78, 5) is 28.6. The van der Waals surface area contributed by atoms with E-state index in [1.54, 1.807) is 11.3 Å². The zero-order valence-electron chi connectivity index (χ0n) is 11.4. The smallest absolute Gasteiger partial charge is 0.246 e. The third-order valence-corrected chi connectivity index (χ3v) is 5.12. The maximum atomic E-state index is 12.3. The van der Waals surface area contributed by atoms with Crippen LogP contribution in [0.1, 0.15) is 17.4 Å². The van der Waals surface area contributed by atoms with Crippen molar-refractivity contribution in [2.45, 2.75) is 19.9 Å². The van der Waals surface area contributed by atoms with Crippen molar-refractivity contribution in [1.82, 2.24) is 9.80 Å². The highest BCUT2D eigenvalue weighted by Crippen LogP contribution is 2.31. The van der Waals surface area contributed by atoms with Crippen molar-refractivity contribution in [3.63, 3.8) is 0 Å². The van der Waals surface area contributed by atoms with Crippen molar-refractivity contribution in [1.29, 1.82) is 0 Å². The van der Waals surface area contributed by atoms with Gasteiger partial charge in [-0.3, -0.25) is 9.59 Å². The Morgan fingerprint density at radius 3 is 3.00 bits per heavy atom. The fraction of sp³-hybridized carbons (Fsp3) is 0.429. The summed E-state index contributed by atoms with van der Waals surface area (Å²) < 4.78 is 1.11. The molecule has 0 aromatic carbocycles. The van der Waals surface area contributed by atoms with Crippen LogP contribution in [0.5, 0.6) is 0 Å². The zero-order chi connectivity index (χ0) is 14.7. The second kappa shape index (κ2) is 6.54. The molecule has 1 aromatic heterocycles. The van der Waals surface area contributed by atoms with Crippen LogP contribution in [0.4, 0.5) is 0 Å². The molecular formula is C14H17BrN2O2S. The number of carbonyl (C=O) groups is 2. The van der Waals surface area contributed by atoms with E-state index >= 15 is 0 Å². The van der Waals surface area contributed by atoms with Gasteiger partial charge in [0, 0.05) is 24.5 Å². The van der Waals surface area contributed by atoms with Crippen LogP contribution in [0.25, 0.3) is 0 Å². The van der Waals surface area contributed by atoms with E-state index in [-0.39, 0.29) is 18.4 Å². The van der Waals surface area contributed by atoms with E-state index < -0.39 is 0 Å². The third kappa shape index (κ3) is 3.30. The van der Waals surface area contributed by atoms with Crippen molar-refractivity contribution in [2.75, 3.05) is 19.6 Å². The summed E-state index contributed by atoms with van der Waals surface area (Å²) >= 11 is 5.21. The molecule has 0 aliphatic carbocycles. The van der Waals surface area contributed by atoms with Crippen LogP contribution in [0.15, 0.2) is 22.5 Å². The molecule has 1 aliphatic heterocycles. The topological polar surface area (TPSA) is 40.6 Å². The zero-order valence-corrected chi connectivity index (χ0v) is 13.8. The fourth-order valence-electron chi connectivity index (χ4n) is 2.25. The normalized spacial score (nSPS) is 13.8. The quantitative estimate of drug-likeness (QED) is 0.777. The predicted octanol–water partition coefficient (Wildman–Crippen LogP) is 2.43. The van der Waals surface area contributed by atoms with Gasteiger partial charge in [0.15, 0.2) is 0 Å². The minimum Gasteiger partial charge on any atom is -0.336 e. The summed E-state index contributed by atoms with van der Waals surface area (Å²) in [6.45, 7) is 7.32. The number of fused-ring (bicyclic) bond motifs is 1. The number of halogens is 1. The lowest BCUT2D eigenvalue weighted by atomic mass is 10.1. The van der Waals surface area contributed by atoms with Gasteiger partial charge in [-0.25, -0.2) is 0 Å². The molecule has 0 unspecified atom stereocenters. The van der Waals surface area contributed by atoms with Crippen LogP contribution < -0.4 is 0 Å². The number of carbonyl (C=O) groups excluding carboxylic acids is 2. The van der Waals surface area contributed by atoms with Gasteiger partial charge >= 0.3 is 0 Å². The van der Waals surface area contributed by atoms with Crippen molar-refractivity contribution in [3.8, 4) is 0 Å². The van der Waals surface area contributed by atoms with Crippen LogP contribution in [-0.2, 0) is 22.6 Å². The summed E-state index contributed by atoms with van der Waals surface area (Å²) in [5.74, 6) is -0.202. The van der Waals surface area contributed by atoms with Crippen LogP contribution in [0, 0.1) is 0 Å². The first-order valence-electron chi connectivity index (χ1n) is 6.51. The molecule has 0 radical (unpaired) electrons. The second-order valence-corrected chi connectivity index (χ2v) is 7.14. The molecule has 0 saturated heterocycles. The Morgan fingerprint density at radius 1 is 1.60 bits per heavy atom. The maximum absolute atomic E-state index is 12.3. The van der Waals surface area contributed by atoms with Gasteiger partial charge in [-0.05, 0) is 47.0 Å². The summed E-state index contributed by atoms with van der Waals surface area (Å²) in [5, 5.41) is 0. The second-order valence-electron chi connectivity index (χ2n) is 4.62. The number of rotatable bonds is 4. The average Bonchev–Trinajstić information content (AvgIpc) is 2.82. The molecule has 108 valence electrons. The molecule has 1 aromatic rings. The predicted molar refractivity (Wildman–Crippen MR) is 83.6 cm³/mol. The Kier molecular flexibility index (Phi) is 4.99. The molecule has 0 fully saturated rings. The van der Waals surface area contributed by atoms with Crippen LogP contribution in [0.3, 0.4) is 0 Å². The first kappa shape index (κ1) is 15.3. The summed E-state index contributed by atoms with van der Waals surface area (Å²) in [5.41, 5.74) is 1.21. The molecule has 0 bridgehead atoms. The molecule has 0 spiro atoms. The van der Waals surface area contributed by atoms with Crippen molar-refractivity contribution in [2.24, 2.45) is 0 Å². The average molecular weight is 357 g/mol. The van der Waals surface area contributed by atoms with Gasteiger partial charge in [-0.1, -0.05) is 6.58 Å².